The topological polar surface area (TPSA) is 37.8 Å². The summed E-state index contributed by atoms with van der Waals surface area (Å²) >= 11 is 1.90. The van der Waals surface area contributed by atoms with Gasteiger partial charge in [0, 0.05) is 17.8 Å². The summed E-state index contributed by atoms with van der Waals surface area (Å²) in [6.07, 6.45) is 7.55. The minimum absolute atomic E-state index is 0.568. The lowest BCUT2D eigenvalue weighted by Crippen LogP contribution is -2.05. The van der Waals surface area contributed by atoms with Crippen molar-refractivity contribution in [2.45, 2.75) is 51.4 Å². The first-order valence-electron chi connectivity index (χ1n) is 7.76. The fourth-order valence-corrected chi connectivity index (χ4v) is 5.09. The van der Waals surface area contributed by atoms with Crippen LogP contribution in [0, 0.1) is 5.92 Å². The Bertz CT molecular complexity index is 661. The van der Waals surface area contributed by atoms with Crippen LogP contribution in [0.25, 0.3) is 10.2 Å². The number of thiophene rings is 1. The zero-order valence-electron chi connectivity index (χ0n) is 12.2. The average molecular weight is 287 g/mol. The molecule has 2 aromatic heterocycles. The molecular weight excluding hydrogens is 266 g/mol. The van der Waals surface area contributed by atoms with Crippen LogP contribution >= 0.6 is 11.3 Å². The molecule has 2 aliphatic rings. The molecule has 0 bridgehead atoms. The molecule has 1 N–H and O–H groups in total. The maximum absolute atomic E-state index is 4.93. The maximum Gasteiger partial charge on any atom is 0.138 e. The third-order valence-corrected chi connectivity index (χ3v) is 6.06. The van der Waals surface area contributed by atoms with Crippen molar-refractivity contribution in [3.63, 3.8) is 0 Å². The van der Waals surface area contributed by atoms with E-state index in [0.29, 0.717) is 5.92 Å². The molecule has 0 saturated heterocycles. The second-order valence-electron chi connectivity index (χ2n) is 6.33. The molecule has 4 heteroatoms. The largest absolute Gasteiger partial charge is 0.372 e. The van der Waals surface area contributed by atoms with Crippen molar-refractivity contribution < 1.29 is 0 Å². The Balaban J connectivity index is 1.84. The molecule has 0 aromatic carbocycles. The van der Waals surface area contributed by atoms with Crippen LogP contribution in [0.1, 0.15) is 54.8 Å². The molecular formula is C16H21N3S. The predicted octanol–water partition coefficient (Wildman–Crippen LogP) is 4.13. The van der Waals surface area contributed by atoms with Gasteiger partial charge in [-0.1, -0.05) is 6.92 Å². The van der Waals surface area contributed by atoms with Crippen molar-refractivity contribution in [3.05, 3.63) is 16.3 Å². The summed E-state index contributed by atoms with van der Waals surface area (Å²) in [5, 5.41) is 4.62. The smallest absolute Gasteiger partial charge is 0.138 e. The van der Waals surface area contributed by atoms with E-state index >= 15 is 0 Å². The number of hydrogen-bond acceptors (Lipinski definition) is 4. The van der Waals surface area contributed by atoms with E-state index in [0.717, 1.165) is 17.6 Å². The van der Waals surface area contributed by atoms with Crippen LogP contribution < -0.4 is 5.32 Å². The van der Waals surface area contributed by atoms with Crippen molar-refractivity contribution in [2.75, 3.05) is 12.4 Å². The Morgan fingerprint density at radius 3 is 2.85 bits per heavy atom. The van der Waals surface area contributed by atoms with Gasteiger partial charge >= 0.3 is 0 Å². The standard InChI is InChI=1S/C16H21N3S/c1-9-6-7-10(8-9)14-18-15(17-2)13-11-4-3-5-12(11)20-16(13)19-14/h9-10H,3-8H2,1-2H3,(H,17,18,19). The van der Waals surface area contributed by atoms with Crippen LogP contribution in [0.3, 0.4) is 0 Å². The molecule has 2 aromatic rings. The molecule has 0 amide bonds. The van der Waals surface area contributed by atoms with Crippen LogP contribution in [-0.4, -0.2) is 17.0 Å². The third kappa shape index (κ3) is 1.85. The van der Waals surface area contributed by atoms with Crippen molar-refractivity contribution >= 4 is 27.4 Å². The Hall–Kier alpha value is -1.16. The molecule has 106 valence electrons. The van der Waals surface area contributed by atoms with Gasteiger partial charge in [0.1, 0.15) is 16.5 Å². The molecule has 4 rings (SSSR count). The van der Waals surface area contributed by atoms with E-state index < -0.39 is 0 Å². The third-order valence-electron chi connectivity index (χ3n) is 4.88. The Labute approximate surface area is 123 Å². The highest BCUT2D eigenvalue weighted by molar-refractivity contribution is 7.19. The number of fused-ring (bicyclic) bond motifs is 3. The van der Waals surface area contributed by atoms with E-state index in [-0.39, 0.29) is 0 Å². The van der Waals surface area contributed by atoms with Gasteiger partial charge in [0.15, 0.2) is 0 Å². The maximum atomic E-state index is 4.93. The Morgan fingerprint density at radius 2 is 2.10 bits per heavy atom. The lowest BCUT2D eigenvalue weighted by Gasteiger charge is -2.11. The zero-order valence-corrected chi connectivity index (χ0v) is 13.0. The van der Waals surface area contributed by atoms with Crippen LogP contribution in [0.4, 0.5) is 5.82 Å². The summed E-state index contributed by atoms with van der Waals surface area (Å²) in [5.74, 6) is 3.53. The fraction of sp³-hybridized carbons (Fsp3) is 0.625. The molecule has 0 spiro atoms. The van der Waals surface area contributed by atoms with Gasteiger partial charge in [-0.15, -0.1) is 11.3 Å². The molecule has 2 atom stereocenters. The summed E-state index contributed by atoms with van der Waals surface area (Å²) in [6.45, 7) is 2.34. The van der Waals surface area contributed by atoms with Crippen LogP contribution in [-0.2, 0) is 12.8 Å². The van der Waals surface area contributed by atoms with E-state index in [1.807, 2.05) is 18.4 Å². The quantitative estimate of drug-likeness (QED) is 0.902. The lowest BCUT2D eigenvalue weighted by atomic mass is 10.1. The van der Waals surface area contributed by atoms with Crippen molar-refractivity contribution in [3.8, 4) is 0 Å². The van der Waals surface area contributed by atoms with Crippen LogP contribution in [0.15, 0.2) is 0 Å². The number of aromatic nitrogens is 2. The zero-order chi connectivity index (χ0) is 13.7. The van der Waals surface area contributed by atoms with E-state index in [1.165, 1.54) is 54.3 Å². The first-order valence-corrected chi connectivity index (χ1v) is 8.58. The molecule has 20 heavy (non-hydrogen) atoms. The number of hydrogen-bond donors (Lipinski definition) is 1. The van der Waals surface area contributed by atoms with Gasteiger partial charge in [-0.25, -0.2) is 9.97 Å². The highest BCUT2D eigenvalue weighted by atomic mass is 32.1. The molecule has 2 unspecified atom stereocenters. The number of aryl methyl sites for hydroxylation is 2. The molecule has 2 aliphatic carbocycles. The summed E-state index contributed by atoms with van der Waals surface area (Å²) in [4.78, 5) is 12.6. The summed E-state index contributed by atoms with van der Waals surface area (Å²) < 4.78 is 0. The number of nitrogens with zero attached hydrogens (tertiary/aromatic N) is 2. The highest BCUT2D eigenvalue weighted by Crippen LogP contribution is 2.42. The minimum atomic E-state index is 0.568. The Kier molecular flexibility index (Phi) is 2.95. The molecule has 3 nitrogen and oxygen atoms in total. The van der Waals surface area contributed by atoms with Gasteiger partial charge in [0.2, 0.25) is 0 Å². The highest BCUT2D eigenvalue weighted by Gasteiger charge is 2.28. The van der Waals surface area contributed by atoms with E-state index in [2.05, 4.69) is 12.2 Å². The van der Waals surface area contributed by atoms with Gasteiger partial charge in [0.25, 0.3) is 0 Å². The van der Waals surface area contributed by atoms with Gasteiger partial charge in [-0.05, 0) is 50.0 Å². The first-order chi connectivity index (χ1) is 9.76. The molecule has 0 radical (unpaired) electrons. The van der Waals surface area contributed by atoms with E-state index in [1.54, 1.807) is 4.88 Å². The van der Waals surface area contributed by atoms with Gasteiger partial charge < -0.3 is 5.32 Å². The van der Waals surface area contributed by atoms with Crippen molar-refractivity contribution in [2.24, 2.45) is 5.92 Å². The minimum Gasteiger partial charge on any atom is -0.372 e. The fourth-order valence-electron chi connectivity index (χ4n) is 3.82. The molecule has 1 saturated carbocycles. The van der Waals surface area contributed by atoms with Crippen LogP contribution in [0.5, 0.6) is 0 Å². The van der Waals surface area contributed by atoms with Gasteiger partial charge in [-0.2, -0.15) is 0 Å². The van der Waals surface area contributed by atoms with E-state index in [4.69, 9.17) is 9.97 Å². The normalized spacial score (nSPS) is 25.3. The summed E-state index contributed by atoms with van der Waals surface area (Å²) in [6, 6.07) is 0. The second kappa shape index (κ2) is 4.69. The van der Waals surface area contributed by atoms with E-state index in [9.17, 15) is 0 Å². The van der Waals surface area contributed by atoms with Gasteiger partial charge in [-0.3, -0.25) is 0 Å². The summed E-state index contributed by atoms with van der Waals surface area (Å²) in [7, 11) is 1.99. The van der Waals surface area contributed by atoms with Crippen LogP contribution in [0.2, 0.25) is 0 Å². The molecule has 0 aliphatic heterocycles. The molecule has 1 fully saturated rings. The molecule has 2 heterocycles. The van der Waals surface area contributed by atoms with Crippen molar-refractivity contribution in [1.82, 2.24) is 9.97 Å². The number of rotatable bonds is 2. The monoisotopic (exact) mass is 287 g/mol. The second-order valence-corrected chi connectivity index (χ2v) is 7.42. The first kappa shape index (κ1) is 12.6. The SMILES string of the molecule is CNc1nc(C2CCC(C)C2)nc2sc3c(c12)CCC3. The average Bonchev–Trinajstić information content (AvgIpc) is 3.12. The summed E-state index contributed by atoms with van der Waals surface area (Å²) in [5.41, 5.74) is 1.51. The lowest BCUT2D eigenvalue weighted by molar-refractivity contribution is 0.587. The number of anilines is 1. The van der Waals surface area contributed by atoms with Crippen molar-refractivity contribution in [1.29, 1.82) is 0 Å². The number of nitrogens with one attached hydrogen (secondary N) is 1. The van der Waals surface area contributed by atoms with Gasteiger partial charge in [0.05, 0.1) is 5.39 Å². The Morgan fingerprint density at radius 1 is 1.20 bits per heavy atom. The predicted molar refractivity (Wildman–Crippen MR) is 84.7 cm³/mol.